The molecule has 4 heteroatoms. The Morgan fingerprint density at radius 2 is 2.24 bits per heavy atom. The van der Waals surface area contributed by atoms with Crippen LogP contribution < -0.4 is 0 Å². The molecule has 0 atom stereocenters. The Morgan fingerprint density at radius 1 is 1.53 bits per heavy atom. The maximum absolute atomic E-state index is 13.1. The van der Waals surface area contributed by atoms with Crippen LogP contribution in [0.3, 0.4) is 0 Å². The minimum Gasteiger partial charge on any atom is -0.341 e. The summed E-state index contributed by atoms with van der Waals surface area (Å²) in [5, 5.41) is 0. The summed E-state index contributed by atoms with van der Waals surface area (Å²) in [4.78, 5) is 13.8. The fourth-order valence-electron chi connectivity index (χ4n) is 2.00. The fraction of sp³-hybridized carbons (Fsp3) is 0.462. The number of rotatable bonds is 3. The van der Waals surface area contributed by atoms with Gasteiger partial charge in [0.2, 0.25) is 0 Å². The minimum atomic E-state index is -0.344. The highest BCUT2D eigenvalue weighted by Crippen LogP contribution is 2.27. The molecule has 0 unspecified atom stereocenters. The normalized spacial score (nSPS) is 15.5. The van der Waals surface area contributed by atoms with E-state index in [4.69, 9.17) is 0 Å². The van der Waals surface area contributed by atoms with E-state index in [1.165, 1.54) is 37.5 Å². The van der Waals surface area contributed by atoms with E-state index in [1.54, 1.807) is 11.9 Å². The SMILES string of the molecule is CN(CC1CCC1)C(=O)c1ccc(F)c(Br)c1. The fourth-order valence-corrected chi connectivity index (χ4v) is 2.37. The summed E-state index contributed by atoms with van der Waals surface area (Å²) < 4.78 is 13.4. The van der Waals surface area contributed by atoms with Crippen molar-refractivity contribution in [2.45, 2.75) is 19.3 Å². The highest BCUT2D eigenvalue weighted by Gasteiger charge is 2.22. The van der Waals surface area contributed by atoms with E-state index in [1.807, 2.05) is 0 Å². The van der Waals surface area contributed by atoms with Gasteiger partial charge in [0.05, 0.1) is 4.47 Å². The third-order valence-corrected chi connectivity index (χ3v) is 3.88. The monoisotopic (exact) mass is 299 g/mol. The first-order valence-corrected chi connectivity index (χ1v) is 6.57. The summed E-state index contributed by atoms with van der Waals surface area (Å²) in [5.74, 6) is 0.258. The molecular formula is C13H15BrFNO. The Balaban J connectivity index is 2.04. The van der Waals surface area contributed by atoms with Gasteiger partial charge in [0, 0.05) is 19.2 Å². The quantitative estimate of drug-likeness (QED) is 0.837. The van der Waals surface area contributed by atoms with Gasteiger partial charge in [-0.15, -0.1) is 0 Å². The van der Waals surface area contributed by atoms with Gasteiger partial charge in [0.25, 0.3) is 5.91 Å². The van der Waals surface area contributed by atoms with Gasteiger partial charge in [-0.1, -0.05) is 6.42 Å². The van der Waals surface area contributed by atoms with Crippen LogP contribution in [-0.4, -0.2) is 24.4 Å². The van der Waals surface area contributed by atoms with Crippen molar-refractivity contribution in [2.24, 2.45) is 5.92 Å². The lowest BCUT2D eigenvalue weighted by molar-refractivity contribution is 0.0745. The zero-order chi connectivity index (χ0) is 12.4. The minimum absolute atomic E-state index is 0.0439. The van der Waals surface area contributed by atoms with Crippen LogP contribution in [0.5, 0.6) is 0 Å². The molecule has 0 N–H and O–H groups in total. The highest BCUT2D eigenvalue weighted by molar-refractivity contribution is 9.10. The van der Waals surface area contributed by atoms with Gasteiger partial charge in [-0.3, -0.25) is 4.79 Å². The van der Waals surface area contributed by atoms with E-state index < -0.39 is 0 Å². The van der Waals surface area contributed by atoms with Gasteiger partial charge >= 0.3 is 0 Å². The average Bonchev–Trinajstić information content (AvgIpc) is 2.26. The van der Waals surface area contributed by atoms with Gasteiger partial charge in [0.15, 0.2) is 0 Å². The molecule has 2 rings (SSSR count). The summed E-state index contributed by atoms with van der Waals surface area (Å²) in [6.07, 6.45) is 3.70. The third-order valence-electron chi connectivity index (χ3n) is 3.27. The maximum atomic E-state index is 13.1. The van der Waals surface area contributed by atoms with Crippen LogP contribution in [0, 0.1) is 11.7 Å². The number of carbonyl (C=O) groups is 1. The number of nitrogens with zero attached hydrogens (tertiary/aromatic N) is 1. The van der Waals surface area contributed by atoms with E-state index >= 15 is 0 Å². The van der Waals surface area contributed by atoms with E-state index in [-0.39, 0.29) is 11.7 Å². The van der Waals surface area contributed by atoms with Gasteiger partial charge in [0.1, 0.15) is 5.82 Å². The Morgan fingerprint density at radius 3 is 2.76 bits per heavy atom. The van der Waals surface area contributed by atoms with Gasteiger partial charge < -0.3 is 4.90 Å². The standard InChI is InChI=1S/C13H15BrFNO/c1-16(8-9-3-2-4-9)13(17)10-5-6-12(15)11(14)7-10/h5-7,9H,2-4,8H2,1H3. The molecular weight excluding hydrogens is 285 g/mol. The number of amides is 1. The molecule has 17 heavy (non-hydrogen) atoms. The molecule has 1 amide bonds. The van der Waals surface area contributed by atoms with Gasteiger partial charge in [-0.05, 0) is 52.9 Å². The Kier molecular flexibility index (Phi) is 3.82. The predicted molar refractivity (Wildman–Crippen MR) is 68.4 cm³/mol. The first kappa shape index (κ1) is 12.6. The second-order valence-corrected chi connectivity index (χ2v) is 5.47. The third kappa shape index (κ3) is 2.86. The topological polar surface area (TPSA) is 20.3 Å². The molecule has 1 saturated carbocycles. The van der Waals surface area contributed by atoms with Crippen LogP contribution in [0.2, 0.25) is 0 Å². The van der Waals surface area contributed by atoms with E-state index in [2.05, 4.69) is 15.9 Å². The lowest BCUT2D eigenvalue weighted by Crippen LogP contribution is -2.34. The molecule has 2 nitrogen and oxygen atoms in total. The largest absolute Gasteiger partial charge is 0.341 e. The molecule has 92 valence electrons. The van der Waals surface area contributed by atoms with E-state index in [9.17, 15) is 9.18 Å². The van der Waals surface area contributed by atoms with E-state index in [0.29, 0.717) is 16.0 Å². The van der Waals surface area contributed by atoms with Crippen molar-refractivity contribution in [2.75, 3.05) is 13.6 Å². The molecule has 1 aromatic rings. The van der Waals surface area contributed by atoms with Crippen molar-refractivity contribution < 1.29 is 9.18 Å². The molecule has 0 saturated heterocycles. The highest BCUT2D eigenvalue weighted by atomic mass is 79.9. The van der Waals surface area contributed by atoms with Crippen molar-refractivity contribution in [1.29, 1.82) is 0 Å². The van der Waals surface area contributed by atoms with Crippen LogP contribution in [-0.2, 0) is 0 Å². The molecule has 0 bridgehead atoms. The molecule has 0 radical (unpaired) electrons. The van der Waals surface area contributed by atoms with E-state index in [0.717, 1.165) is 6.54 Å². The Labute approximate surface area is 109 Å². The number of hydrogen-bond acceptors (Lipinski definition) is 1. The number of benzene rings is 1. The van der Waals surface area contributed by atoms with Crippen LogP contribution in [0.25, 0.3) is 0 Å². The summed E-state index contributed by atoms with van der Waals surface area (Å²) >= 11 is 3.09. The van der Waals surface area contributed by atoms with Crippen molar-refractivity contribution >= 4 is 21.8 Å². The Bertz CT molecular complexity index is 431. The van der Waals surface area contributed by atoms with Crippen molar-refractivity contribution in [3.05, 3.63) is 34.1 Å². The zero-order valence-corrected chi connectivity index (χ0v) is 11.3. The van der Waals surface area contributed by atoms with Crippen LogP contribution >= 0.6 is 15.9 Å². The lowest BCUT2D eigenvalue weighted by Gasteiger charge is -2.30. The molecule has 1 aliphatic carbocycles. The summed E-state index contributed by atoms with van der Waals surface area (Å²) in [7, 11) is 1.80. The number of carbonyl (C=O) groups excluding carboxylic acids is 1. The van der Waals surface area contributed by atoms with Crippen molar-refractivity contribution in [3.8, 4) is 0 Å². The molecule has 0 spiro atoms. The lowest BCUT2D eigenvalue weighted by atomic mass is 9.85. The molecule has 1 aromatic carbocycles. The number of halogens is 2. The smallest absolute Gasteiger partial charge is 0.253 e. The van der Waals surface area contributed by atoms with Crippen LogP contribution in [0.1, 0.15) is 29.6 Å². The zero-order valence-electron chi connectivity index (χ0n) is 9.75. The number of hydrogen-bond donors (Lipinski definition) is 0. The summed E-state index contributed by atoms with van der Waals surface area (Å²) in [5.41, 5.74) is 0.528. The van der Waals surface area contributed by atoms with Gasteiger partial charge in [-0.25, -0.2) is 4.39 Å². The molecule has 0 aliphatic heterocycles. The van der Waals surface area contributed by atoms with Crippen molar-refractivity contribution in [3.63, 3.8) is 0 Å². The summed E-state index contributed by atoms with van der Waals surface area (Å²) in [6, 6.07) is 4.38. The van der Waals surface area contributed by atoms with Crippen LogP contribution in [0.15, 0.2) is 22.7 Å². The molecule has 1 fully saturated rings. The average molecular weight is 300 g/mol. The predicted octanol–water partition coefficient (Wildman–Crippen LogP) is 3.46. The Hall–Kier alpha value is -0.900. The van der Waals surface area contributed by atoms with Crippen LogP contribution in [0.4, 0.5) is 4.39 Å². The first-order chi connectivity index (χ1) is 8.08. The first-order valence-electron chi connectivity index (χ1n) is 5.78. The maximum Gasteiger partial charge on any atom is 0.253 e. The molecule has 0 heterocycles. The summed E-state index contributed by atoms with van der Waals surface area (Å²) in [6.45, 7) is 0.799. The second kappa shape index (κ2) is 5.17. The second-order valence-electron chi connectivity index (χ2n) is 4.61. The van der Waals surface area contributed by atoms with Crippen molar-refractivity contribution in [1.82, 2.24) is 4.90 Å². The molecule has 0 aromatic heterocycles. The van der Waals surface area contributed by atoms with Gasteiger partial charge in [-0.2, -0.15) is 0 Å². The molecule has 1 aliphatic rings.